The summed E-state index contributed by atoms with van der Waals surface area (Å²) < 4.78 is 29.4. The summed E-state index contributed by atoms with van der Waals surface area (Å²) in [5, 5.41) is 14.8. The summed E-state index contributed by atoms with van der Waals surface area (Å²) in [7, 11) is -4.04. The van der Waals surface area contributed by atoms with Crippen molar-refractivity contribution in [3.8, 4) is 12.3 Å². The number of carbonyl (C=O) groups is 2. The van der Waals surface area contributed by atoms with E-state index in [4.69, 9.17) is 6.42 Å². The van der Waals surface area contributed by atoms with Gasteiger partial charge in [-0.25, -0.2) is 13.4 Å². The van der Waals surface area contributed by atoms with Gasteiger partial charge in [0.2, 0.25) is 15.9 Å². The minimum absolute atomic E-state index is 0.0381. The van der Waals surface area contributed by atoms with Crippen LogP contribution in [0.1, 0.15) is 45.1 Å². The lowest BCUT2D eigenvalue weighted by molar-refractivity contribution is -0.148. The second-order valence-corrected chi connectivity index (χ2v) is 14.0. The van der Waals surface area contributed by atoms with Crippen LogP contribution in [0.25, 0.3) is 10.8 Å². The van der Waals surface area contributed by atoms with Gasteiger partial charge in [0.1, 0.15) is 0 Å². The van der Waals surface area contributed by atoms with E-state index in [9.17, 15) is 23.1 Å². The maximum absolute atomic E-state index is 14.1. The number of sulfonamides is 1. The molecule has 1 unspecified atom stereocenters. The first-order valence-corrected chi connectivity index (χ1v) is 17.0. The summed E-state index contributed by atoms with van der Waals surface area (Å²) in [6.07, 6.45) is 6.42. The number of hydrazine groups is 1. The average molecular weight is 633 g/mol. The highest BCUT2D eigenvalue weighted by molar-refractivity contribution is 7.89. The fraction of sp³-hybridized carbons (Fsp3) is 0.429. The van der Waals surface area contributed by atoms with Crippen molar-refractivity contribution < 1.29 is 23.1 Å². The molecule has 10 heteroatoms. The highest BCUT2D eigenvalue weighted by Gasteiger charge is 2.36. The number of rotatable bonds is 14. The maximum Gasteiger partial charge on any atom is 0.252 e. The predicted octanol–water partition coefficient (Wildman–Crippen LogP) is 3.83. The highest BCUT2D eigenvalue weighted by Crippen LogP contribution is 2.24. The highest BCUT2D eigenvalue weighted by atomic mass is 32.2. The van der Waals surface area contributed by atoms with Gasteiger partial charge in [0, 0.05) is 25.9 Å². The number of amides is 2. The van der Waals surface area contributed by atoms with E-state index < -0.39 is 28.1 Å². The van der Waals surface area contributed by atoms with Crippen molar-refractivity contribution in [2.24, 2.45) is 5.92 Å². The van der Waals surface area contributed by atoms with E-state index in [0.717, 1.165) is 42.3 Å². The molecule has 0 bridgehead atoms. The Morgan fingerprint density at radius 2 is 1.64 bits per heavy atom. The molecule has 45 heavy (non-hydrogen) atoms. The Kier molecular flexibility index (Phi) is 12.1. The minimum Gasteiger partial charge on any atom is -0.390 e. The predicted molar refractivity (Wildman–Crippen MR) is 176 cm³/mol. The molecule has 1 heterocycles. The summed E-state index contributed by atoms with van der Waals surface area (Å²) in [4.78, 5) is 28.9. The van der Waals surface area contributed by atoms with Crippen molar-refractivity contribution in [2.75, 3.05) is 32.7 Å². The molecule has 1 aliphatic rings. The molecule has 3 aromatic carbocycles. The van der Waals surface area contributed by atoms with E-state index in [0.29, 0.717) is 0 Å². The number of likely N-dealkylation sites (tertiary alicyclic amines) is 1. The van der Waals surface area contributed by atoms with Crippen LogP contribution >= 0.6 is 0 Å². The summed E-state index contributed by atoms with van der Waals surface area (Å²) >= 11 is 0. The Hall–Kier alpha value is -3.75. The number of fused-ring (bicyclic) bond motifs is 1. The molecular formula is C35H44N4O5S. The van der Waals surface area contributed by atoms with E-state index in [-0.39, 0.29) is 55.6 Å². The van der Waals surface area contributed by atoms with E-state index in [1.165, 1.54) is 9.31 Å². The van der Waals surface area contributed by atoms with Gasteiger partial charge in [-0.05, 0) is 66.7 Å². The van der Waals surface area contributed by atoms with E-state index in [2.05, 4.69) is 11.3 Å². The molecule has 3 aromatic rings. The molecule has 0 aromatic heterocycles. The van der Waals surface area contributed by atoms with Gasteiger partial charge in [0.25, 0.3) is 5.91 Å². The molecule has 0 saturated carbocycles. The zero-order valence-corrected chi connectivity index (χ0v) is 27.0. The molecule has 1 fully saturated rings. The van der Waals surface area contributed by atoms with Crippen LogP contribution in [0.4, 0.5) is 0 Å². The van der Waals surface area contributed by atoms with Gasteiger partial charge in [0.05, 0.1) is 23.6 Å². The second kappa shape index (κ2) is 16.0. The summed E-state index contributed by atoms with van der Waals surface area (Å²) in [6.45, 7) is 5.39. The molecule has 0 spiro atoms. The monoisotopic (exact) mass is 632 g/mol. The molecule has 4 rings (SSSR count). The summed E-state index contributed by atoms with van der Waals surface area (Å²) in [5.41, 5.74) is 3.58. The Bertz CT molecular complexity index is 1580. The van der Waals surface area contributed by atoms with Crippen molar-refractivity contribution in [1.29, 1.82) is 0 Å². The smallest absolute Gasteiger partial charge is 0.252 e. The normalized spacial score (nSPS) is 15.2. The molecule has 1 saturated heterocycles. The lowest BCUT2D eigenvalue weighted by Gasteiger charge is -2.37. The quantitative estimate of drug-likeness (QED) is 0.207. The first-order valence-electron chi connectivity index (χ1n) is 15.6. The van der Waals surface area contributed by atoms with Crippen molar-refractivity contribution in [3.05, 3.63) is 78.4 Å². The molecule has 2 N–H and O–H groups in total. The molecule has 1 aliphatic heterocycles. The zero-order valence-electron chi connectivity index (χ0n) is 26.1. The van der Waals surface area contributed by atoms with Crippen LogP contribution in [0.3, 0.4) is 0 Å². The average Bonchev–Trinajstić information content (AvgIpc) is 3.54. The molecular weight excluding hydrogens is 588 g/mol. The maximum atomic E-state index is 14.1. The number of carbonyl (C=O) groups excluding carboxylic acids is 2. The minimum atomic E-state index is -4.04. The molecule has 2 amide bonds. The first kappa shape index (κ1) is 34.1. The number of aliphatic hydroxyl groups excluding tert-OH is 1. The molecule has 0 aliphatic carbocycles. The zero-order chi connectivity index (χ0) is 32.4. The topological polar surface area (TPSA) is 110 Å². The van der Waals surface area contributed by atoms with Gasteiger partial charge >= 0.3 is 0 Å². The lowest BCUT2D eigenvalue weighted by Crippen LogP contribution is -2.60. The molecule has 240 valence electrons. The largest absolute Gasteiger partial charge is 0.390 e. The van der Waals surface area contributed by atoms with Crippen LogP contribution in [0, 0.1) is 18.3 Å². The lowest BCUT2D eigenvalue weighted by atomic mass is 9.99. The third-order valence-corrected chi connectivity index (χ3v) is 9.77. The SMILES string of the molecule is C#CCCC(=O)N(NC(=O)CN1CCCC1)C(Cc1ccccc1)[C@H](O)CN(CC(C)C)S(=O)(=O)c1ccc2ccccc2c1. The van der Waals surface area contributed by atoms with Crippen molar-refractivity contribution in [2.45, 2.75) is 63.0 Å². The molecule has 2 atom stereocenters. The van der Waals surface area contributed by atoms with Gasteiger partial charge in [-0.1, -0.05) is 74.5 Å². The first-order chi connectivity index (χ1) is 21.6. The number of aliphatic hydroxyl groups is 1. The number of benzene rings is 3. The Balaban J connectivity index is 1.67. The Labute approximate surface area is 267 Å². The fourth-order valence-electron chi connectivity index (χ4n) is 5.68. The van der Waals surface area contributed by atoms with Crippen LogP contribution in [-0.4, -0.2) is 84.4 Å². The van der Waals surface area contributed by atoms with Gasteiger partial charge in [-0.15, -0.1) is 12.3 Å². The number of hydrogen-bond donors (Lipinski definition) is 2. The van der Waals surface area contributed by atoms with Crippen LogP contribution in [0.15, 0.2) is 77.7 Å². The second-order valence-electron chi connectivity index (χ2n) is 12.0. The number of hydrogen-bond acceptors (Lipinski definition) is 6. The third kappa shape index (κ3) is 9.38. The fourth-order valence-corrected chi connectivity index (χ4v) is 7.34. The van der Waals surface area contributed by atoms with Crippen LogP contribution in [-0.2, 0) is 26.0 Å². The third-order valence-electron chi connectivity index (χ3n) is 7.94. The summed E-state index contributed by atoms with van der Waals surface area (Å²) in [6, 6.07) is 20.8. The Morgan fingerprint density at radius 1 is 0.978 bits per heavy atom. The number of terminal acetylenes is 1. The molecule has 9 nitrogen and oxygen atoms in total. The standard InChI is InChI=1S/C35H44N4O5S/c1-4-5-17-35(42)39(36-34(41)26-37-20-11-12-21-37)32(22-28-13-7-6-8-14-28)33(40)25-38(24-27(2)3)45(43,44)31-19-18-29-15-9-10-16-30(29)23-31/h1,6-10,13-16,18-19,23,27,32-33,40H,5,11-12,17,20-22,24-26H2,2-3H3,(H,36,41)/t32?,33-/m1/s1. The van der Waals surface area contributed by atoms with E-state index in [1.54, 1.807) is 18.2 Å². The number of nitrogens with one attached hydrogen (secondary N) is 1. The van der Waals surface area contributed by atoms with Gasteiger partial charge in [-0.3, -0.25) is 19.9 Å². The van der Waals surface area contributed by atoms with Gasteiger partial charge in [0.15, 0.2) is 0 Å². The van der Waals surface area contributed by atoms with E-state index in [1.807, 2.05) is 73.3 Å². The van der Waals surface area contributed by atoms with Gasteiger partial charge < -0.3 is 5.11 Å². The van der Waals surface area contributed by atoms with Crippen LogP contribution in [0.2, 0.25) is 0 Å². The van der Waals surface area contributed by atoms with Gasteiger partial charge in [-0.2, -0.15) is 4.31 Å². The van der Waals surface area contributed by atoms with Crippen molar-refractivity contribution >= 4 is 32.6 Å². The van der Waals surface area contributed by atoms with Crippen molar-refractivity contribution in [1.82, 2.24) is 19.6 Å². The van der Waals surface area contributed by atoms with Crippen molar-refractivity contribution in [3.63, 3.8) is 0 Å². The Morgan fingerprint density at radius 3 is 2.31 bits per heavy atom. The van der Waals surface area contributed by atoms with E-state index >= 15 is 0 Å². The van der Waals surface area contributed by atoms with Crippen LogP contribution < -0.4 is 5.43 Å². The number of nitrogens with zero attached hydrogens (tertiary/aromatic N) is 3. The molecule has 0 radical (unpaired) electrons. The van der Waals surface area contributed by atoms with Crippen LogP contribution in [0.5, 0.6) is 0 Å². The summed E-state index contributed by atoms with van der Waals surface area (Å²) in [5.74, 6) is 1.60.